The second-order valence-electron chi connectivity index (χ2n) is 7.36. The number of carbonyl (C=O) groups excluding carboxylic acids is 1. The molecule has 0 radical (unpaired) electrons. The molecular formula is C18H28N2O2. The molecule has 0 bridgehead atoms. The van der Waals surface area contributed by atoms with Crippen molar-refractivity contribution < 1.29 is 9.53 Å². The first-order valence-corrected chi connectivity index (χ1v) is 9.06. The van der Waals surface area contributed by atoms with Crippen LogP contribution in [0, 0.1) is 17.2 Å². The molecule has 1 amide bonds. The van der Waals surface area contributed by atoms with Crippen LogP contribution < -0.4 is 0 Å². The van der Waals surface area contributed by atoms with Crippen molar-refractivity contribution in [3.63, 3.8) is 0 Å². The molecule has 1 spiro atoms. The molecule has 0 aromatic carbocycles. The first-order chi connectivity index (χ1) is 10.7. The maximum absolute atomic E-state index is 12.8. The van der Waals surface area contributed by atoms with Crippen molar-refractivity contribution >= 4 is 5.91 Å². The third-order valence-electron chi connectivity index (χ3n) is 5.72. The van der Waals surface area contributed by atoms with E-state index in [0.29, 0.717) is 12.3 Å². The maximum atomic E-state index is 12.8. The summed E-state index contributed by atoms with van der Waals surface area (Å²) in [4.78, 5) is 14.9. The standard InChI is InChI=1S/C18H28N2O2/c19-12-4-8-16-9-11-18(22-16)10-5-13-20(14-18)17(21)15-6-2-1-3-7-15/h15-16H,1-11,13-14H2/t16-,18+/m1/s1. The number of ether oxygens (including phenoxy) is 1. The van der Waals surface area contributed by atoms with Crippen molar-refractivity contribution in [3.05, 3.63) is 0 Å². The minimum atomic E-state index is -0.108. The van der Waals surface area contributed by atoms with Gasteiger partial charge in [0.15, 0.2) is 0 Å². The van der Waals surface area contributed by atoms with E-state index < -0.39 is 0 Å². The molecule has 0 N–H and O–H groups in total. The number of hydrogen-bond acceptors (Lipinski definition) is 3. The van der Waals surface area contributed by atoms with Crippen LogP contribution in [0.15, 0.2) is 0 Å². The first kappa shape index (κ1) is 15.8. The predicted octanol–water partition coefficient (Wildman–Crippen LogP) is 3.41. The van der Waals surface area contributed by atoms with Gasteiger partial charge in [-0.3, -0.25) is 4.79 Å². The average molecular weight is 304 g/mol. The van der Waals surface area contributed by atoms with Gasteiger partial charge in [-0.25, -0.2) is 0 Å². The normalized spacial score (nSPS) is 33.0. The third kappa shape index (κ3) is 3.46. The number of rotatable bonds is 3. The lowest BCUT2D eigenvalue weighted by atomic mass is 9.85. The zero-order chi connectivity index (χ0) is 15.4. The molecule has 0 aromatic rings. The summed E-state index contributed by atoms with van der Waals surface area (Å²) in [6.07, 6.45) is 11.7. The molecule has 2 atom stereocenters. The van der Waals surface area contributed by atoms with Crippen LogP contribution in [-0.2, 0) is 9.53 Å². The second kappa shape index (κ2) is 7.00. The van der Waals surface area contributed by atoms with Gasteiger partial charge < -0.3 is 9.64 Å². The lowest BCUT2D eigenvalue weighted by molar-refractivity contribution is -0.147. The van der Waals surface area contributed by atoms with Crippen molar-refractivity contribution in [3.8, 4) is 6.07 Å². The van der Waals surface area contributed by atoms with Crippen LogP contribution in [0.5, 0.6) is 0 Å². The number of nitrogens with zero attached hydrogens (tertiary/aromatic N) is 2. The molecule has 2 aliphatic heterocycles. The fraction of sp³-hybridized carbons (Fsp3) is 0.889. The smallest absolute Gasteiger partial charge is 0.225 e. The van der Waals surface area contributed by atoms with E-state index in [1.54, 1.807) is 0 Å². The molecule has 2 saturated heterocycles. The van der Waals surface area contributed by atoms with E-state index in [0.717, 1.165) is 58.0 Å². The zero-order valence-electron chi connectivity index (χ0n) is 13.6. The zero-order valence-corrected chi connectivity index (χ0v) is 13.6. The summed E-state index contributed by atoms with van der Waals surface area (Å²) in [5.41, 5.74) is -0.108. The molecule has 122 valence electrons. The number of carbonyl (C=O) groups is 1. The molecular weight excluding hydrogens is 276 g/mol. The Bertz CT molecular complexity index is 439. The van der Waals surface area contributed by atoms with E-state index in [-0.39, 0.29) is 17.6 Å². The van der Waals surface area contributed by atoms with E-state index in [2.05, 4.69) is 11.0 Å². The third-order valence-corrected chi connectivity index (χ3v) is 5.72. The van der Waals surface area contributed by atoms with Crippen molar-refractivity contribution in [1.29, 1.82) is 5.26 Å². The molecule has 3 rings (SSSR count). The highest BCUT2D eigenvalue weighted by Gasteiger charge is 2.44. The van der Waals surface area contributed by atoms with Gasteiger partial charge in [-0.2, -0.15) is 5.26 Å². The Kier molecular flexibility index (Phi) is 5.03. The van der Waals surface area contributed by atoms with E-state index in [1.165, 1.54) is 19.3 Å². The summed E-state index contributed by atoms with van der Waals surface area (Å²) in [6, 6.07) is 2.21. The Morgan fingerprint density at radius 2 is 2.00 bits per heavy atom. The summed E-state index contributed by atoms with van der Waals surface area (Å²) < 4.78 is 6.31. The Morgan fingerprint density at radius 3 is 2.77 bits per heavy atom. The number of nitriles is 1. The monoisotopic (exact) mass is 304 g/mol. The maximum Gasteiger partial charge on any atom is 0.225 e. The van der Waals surface area contributed by atoms with Crippen LogP contribution in [0.1, 0.15) is 70.6 Å². The predicted molar refractivity (Wildman–Crippen MR) is 84.1 cm³/mol. The highest BCUT2D eigenvalue weighted by Crippen LogP contribution is 2.39. The Labute approximate surface area is 133 Å². The minimum Gasteiger partial charge on any atom is -0.370 e. The van der Waals surface area contributed by atoms with Gasteiger partial charge in [0.25, 0.3) is 0 Å². The SMILES string of the molecule is N#CCC[C@@H]1CC[C@]2(CCCN(C(=O)C3CCCCC3)C2)O1. The average Bonchev–Trinajstić information content (AvgIpc) is 2.95. The number of likely N-dealkylation sites (tertiary alicyclic amines) is 1. The van der Waals surface area contributed by atoms with Crippen LogP contribution in [0.4, 0.5) is 0 Å². The molecule has 1 saturated carbocycles. The number of amides is 1. The van der Waals surface area contributed by atoms with Gasteiger partial charge >= 0.3 is 0 Å². The summed E-state index contributed by atoms with van der Waals surface area (Å²) in [5, 5.41) is 8.73. The van der Waals surface area contributed by atoms with Gasteiger partial charge in [-0.05, 0) is 44.9 Å². The van der Waals surface area contributed by atoms with E-state index in [9.17, 15) is 4.79 Å². The van der Waals surface area contributed by atoms with Crippen molar-refractivity contribution in [1.82, 2.24) is 4.90 Å². The number of piperidine rings is 1. The highest BCUT2D eigenvalue weighted by molar-refractivity contribution is 5.79. The van der Waals surface area contributed by atoms with Crippen LogP contribution in [0.2, 0.25) is 0 Å². The van der Waals surface area contributed by atoms with Crippen LogP contribution in [0.3, 0.4) is 0 Å². The highest BCUT2D eigenvalue weighted by atomic mass is 16.5. The molecule has 4 heteroatoms. The quantitative estimate of drug-likeness (QED) is 0.803. The van der Waals surface area contributed by atoms with Crippen LogP contribution >= 0.6 is 0 Å². The van der Waals surface area contributed by atoms with E-state index >= 15 is 0 Å². The van der Waals surface area contributed by atoms with Gasteiger partial charge in [-0.1, -0.05) is 19.3 Å². The number of hydrogen-bond donors (Lipinski definition) is 0. The fourth-order valence-electron chi connectivity index (χ4n) is 4.52. The van der Waals surface area contributed by atoms with Crippen LogP contribution in [0.25, 0.3) is 0 Å². The van der Waals surface area contributed by atoms with Crippen molar-refractivity contribution in [2.45, 2.75) is 82.3 Å². The minimum absolute atomic E-state index is 0.108. The van der Waals surface area contributed by atoms with Gasteiger partial charge in [0.05, 0.1) is 17.8 Å². The lowest BCUT2D eigenvalue weighted by Crippen LogP contribution is -2.52. The Hall–Kier alpha value is -1.08. The van der Waals surface area contributed by atoms with E-state index in [1.807, 2.05) is 0 Å². The van der Waals surface area contributed by atoms with Gasteiger partial charge in [0.2, 0.25) is 5.91 Å². The molecule has 2 heterocycles. The molecule has 4 nitrogen and oxygen atoms in total. The van der Waals surface area contributed by atoms with Gasteiger partial charge in [-0.15, -0.1) is 0 Å². The Morgan fingerprint density at radius 1 is 1.18 bits per heavy atom. The van der Waals surface area contributed by atoms with E-state index in [4.69, 9.17) is 10.00 Å². The largest absolute Gasteiger partial charge is 0.370 e. The summed E-state index contributed by atoms with van der Waals surface area (Å²) in [5.74, 6) is 0.641. The Balaban J connectivity index is 1.57. The molecule has 3 fully saturated rings. The lowest BCUT2D eigenvalue weighted by Gasteiger charge is -2.41. The van der Waals surface area contributed by atoms with Crippen LogP contribution in [-0.4, -0.2) is 35.6 Å². The molecule has 1 aliphatic carbocycles. The molecule has 0 unspecified atom stereocenters. The fourth-order valence-corrected chi connectivity index (χ4v) is 4.52. The topological polar surface area (TPSA) is 53.3 Å². The van der Waals surface area contributed by atoms with Crippen molar-refractivity contribution in [2.75, 3.05) is 13.1 Å². The summed E-state index contributed by atoms with van der Waals surface area (Å²) >= 11 is 0. The summed E-state index contributed by atoms with van der Waals surface area (Å²) in [6.45, 7) is 1.69. The summed E-state index contributed by atoms with van der Waals surface area (Å²) in [7, 11) is 0. The second-order valence-corrected chi connectivity index (χ2v) is 7.36. The molecule has 0 aromatic heterocycles. The van der Waals surface area contributed by atoms with Crippen molar-refractivity contribution in [2.24, 2.45) is 5.92 Å². The van der Waals surface area contributed by atoms with Gasteiger partial charge in [0.1, 0.15) is 0 Å². The molecule has 3 aliphatic rings. The first-order valence-electron chi connectivity index (χ1n) is 9.06. The van der Waals surface area contributed by atoms with Gasteiger partial charge in [0, 0.05) is 25.4 Å². The molecule has 22 heavy (non-hydrogen) atoms.